The Kier molecular flexibility index (Phi) is 9.42. The molecular formula is C44H33N5Pt. The third kappa shape index (κ3) is 6.61. The number of para-hydroxylation sites is 2. The van der Waals surface area contributed by atoms with E-state index in [4.69, 9.17) is 9.97 Å². The minimum absolute atomic E-state index is 0. The predicted octanol–water partition coefficient (Wildman–Crippen LogP) is 10.7. The van der Waals surface area contributed by atoms with Crippen molar-refractivity contribution >= 4 is 17.1 Å². The Bertz CT molecular complexity index is 2340. The van der Waals surface area contributed by atoms with Crippen molar-refractivity contribution < 1.29 is 21.1 Å². The van der Waals surface area contributed by atoms with E-state index < -0.39 is 0 Å². The number of imidazole rings is 2. The Morgan fingerprint density at radius 2 is 1.00 bits per heavy atom. The number of rotatable bonds is 8. The SMILES string of the molecule is Cc1cccc(C)c1-n1cnc(-c2[c-]c(N(c3[c-]c(-c4cn(-c5ccc(-c6ccccc6)cc5)cn4)ccc3)c3ccccc3)ccc2)c1.[Pt+2]. The molecule has 6 heteroatoms. The van der Waals surface area contributed by atoms with Crippen molar-refractivity contribution in [3.05, 3.63) is 188 Å². The van der Waals surface area contributed by atoms with Gasteiger partial charge >= 0.3 is 21.1 Å². The van der Waals surface area contributed by atoms with Gasteiger partial charge in [-0.1, -0.05) is 78.9 Å². The molecule has 0 amide bonds. The monoisotopic (exact) mass is 826 g/mol. The summed E-state index contributed by atoms with van der Waals surface area (Å²) >= 11 is 0. The van der Waals surface area contributed by atoms with Crippen molar-refractivity contribution in [1.82, 2.24) is 19.1 Å². The van der Waals surface area contributed by atoms with Crippen molar-refractivity contribution in [2.75, 3.05) is 4.90 Å². The minimum Gasteiger partial charge on any atom is -0.346 e. The summed E-state index contributed by atoms with van der Waals surface area (Å²) in [5, 5.41) is 0. The smallest absolute Gasteiger partial charge is 0.346 e. The molecule has 0 saturated heterocycles. The van der Waals surface area contributed by atoms with Crippen LogP contribution in [0, 0.1) is 26.0 Å². The molecule has 244 valence electrons. The fourth-order valence-electron chi connectivity index (χ4n) is 6.32. The molecule has 0 aliphatic rings. The Labute approximate surface area is 307 Å². The van der Waals surface area contributed by atoms with Gasteiger partial charge in [0.05, 0.1) is 18.3 Å². The molecule has 6 aromatic carbocycles. The molecule has 0 unspecified atom stereocenters. The van der Waals surface area contributed by atoms with E-state index in [1.807, 2.05) is 41.5 Å². The van der Waals surface area contributed by atoms with Gasteiger partial charge in [0.1, 0.15) is 0 Å². The minimum atomic E-state index is 0. The van der Waals surface area contributed by atoms with Gasteiger partial charge < -0.3 is 14.0 Å². The molecule has 8 rings (SSSR count). The van der Waals surface area contributed by atoms with Gasteiger partial charge in [0.25, 0.3) is 0 Å². The normalized spacial score (nSPS) is 10.8. The summed E-state index contributed by atoms with van der Waals surface area (Å²) in [6.07, 6.45) is 7.88. The van der Waals surface area contributed by atoms with E-state index in [9.17, 15) is 0 Å². The molecule has 2 heterocycles. The van der Waals surface area contributed by atoms with Crippen LogP contribution in [0.5, 0.6) is 0 Å². The average molecular weight is 827 g/mol. The fraction of sp³-hybridized carbons (Fsp3) is 0.0455. The Balaban J connectivity index is 0.00000392. The second-order valence-corrected chi connectivity index (χ2v) is 12.1. The number of anilines is 3. The van der Waals surface area contributed by atoms with E-state index in [2.05, 4.69) is 163 Å². The summed E-state index contributed by atoms with van der Waals surface area (Å²) < 4.78 is 4.15. The standard InChI is InChI=1S/C44H33N5.Pt/c1-32-12-9-13-33(2)44(32)48-29-43(46-31-48)37-17-11-21-41(27-37)49(39-18-7-4-8-19-39)40-20-10-16-36(26-40)42-28-47(30-45-42)38-24-22-35(23-25-38)34-14-5-3-6-15-34;/h3-25,28-31H,1-2H3;/q-2;+2. The number of aromatic nitrogens is 4. The largest absolute Gasteiger partial charge is 2.00 e. The number of hydrogen-bond donors (Lipinski definition) is 0. The molecule has 0 spiro atoms. The summed E-state index contributed by atoms with van der Waals surface area (Å²) in [5.41, 5.74) is 13.3. The average Bonchev–Trinajstić information content (AvgIpc) is 3.85. The van der Waals surface area contributed by atoms with E-state index in [0.717, 1.165) is 51.0 Å². The van der Waals surface area contributed by atoms with Crippen LogP contribution in [-0.4, -0.2) is 19.1 Å². The maximum absolute atomic E-state index is 4.79. The van der Waals surface area contributed by atoms with E-state index in [0.29, 0.717) is 0 Å². The summed E-state index contributed by atoms with van der Waals surface area (Å²) in [6, 6.07) is 55.3. The zero-order chi connectivity index (χ0) is 33.2. The van der Waals surface area contributed by atoms with Crippen LogP contribution in [-0.2, 0) is 21.1 Å². The summed E-state index contributed by atoms with van der Waals surface area (Å²) in [5.74, 6) is 0. The molecular weight excluding hydrogens is 794 g/mol. The first kappa shape index (κ1) is 32.8. The quantitative estimate of drug-likeness (QED) is 0.143. The van der Waals surface area contributed by atoms with Gasteiger partial charge in [-0.25, -0.2) is 0 Å². The van der Waals surface area contributed by atoms with Crippen LogP contribution in [0.15, 0.2) is 165 Å². The van der Waals surface area contributed by atoms with Crippen LogP contribution in [0.3, 0.4) is 0 Å². The van der Waals surface area contributed by atoms with E-state index in [1.54, 1.807) is 0 Å². The first-order valence-electron chi connectivity index (χ1n) is 16.3. The molecule has 0 aliphatic heterocycles. The molecule has 0 bridgehead atoms. The van der Waals surface area contributed by atoms with E-state index in [1.165, 1.54) is 22.3 Å². The van der Waals surface area contributed by atoms with Crippen LogP contribution in [0.1, 0.15) is 11.1 Å². The molecule has 50 heavy (non-hydrogen) atoms. The van der Waals surface area contributed by atoms with Gasteiger partial charge in [-0.2, -0.15) is 0 Å². The summed E-state index contributed by atoms with van der Waals surface area (Å²) in [6.45, 7) is 4.26. The van der Waals surface area contributed by atoms with Crippen LogP contribution < -0.4 is 4.90 Å². The molecule has 0 saturated carbocycles. The maximum atomic E-state index is 4.79. The number of hydrogen-bond acceptors (Lipinski definition) is 3. The second kappa shape index (κ2) is 14.4. The fourth-order valence-corrected chi connectivity index (χ4v) is 6.32. The number of benzene rings is 6. The Hall–Kier alpha value is -5.77. The van der Waals surface area contributed by atoms with Crippen molar-refractivity contribution in [3.63, 3.8) is 0 Å². The third-order valence-corrected chi connectivity index (χ3v) is 8.74. The van der Waals surface area contributed by atoms with Crippen molar-refractivity contribution in [3.8, 4) is 45.0 Å². The van der Waals surface area contributed by atoms with E-state index >= 15 is 0 Å². The van der Waals surface area contributed by atoms with Gasteiger partial charge in [-0.15, -0.1) is 59.7 Å². The molecule has 0 fully saturated rings. The molecule has 0 atom stereocenters. The van der Waals surface area contributed by atoms with Crippen LogP contribution >= 0.6 is 0 Å². The molecule has 5 nitrogen and oxygen atoms in total. The molecule has 2 aromatic heterocycles. The number of aryl methyl sites for hydroxylation is 2. The van der Waals surface area contributed by atoms with Crippen molar-refractivity contribution in [2.45, 2.75) is 13.8 Å². The van der Waals surface area contributed by atoms with Crippen LogP contribution in [0.25, 0.3) is 45.0 Å². The number of nitrogens with zero attached hydrogens (tertiary/aromatic N) is 5. The van der Waals surface area contributed by atoms with Gasteiger partial charge in [-0.05, 0) is 84.1 Å². The first-order chi connectivity index (χ1) is 24.1. The molecule has 0 radical (unpaired) electrons. The zero-order valence-electron chi connectivity index (χ0n) is 27.6. The zero-order valence-corrected chi connectivity index (χ0v) is 29.9. The Morgan fingerprint density at radius 1 is 0.500 bits per heavy atom. The van der Waals surface area contributed by atoms with Gasteiger partial charge in [0.15, 0.2) is 0 Å². The van der Waals surface area contributed by atoms with Gasteiger partial charge in [0, 0.05) is 22.8 Å². The summed E-state index contributed by atoms with van der Waals surface area (Å²) in [7, 11) is 0. The van der Waals surface area contributed by atoms with Crippen molar-refractivity contribution in [2.24, 2.45) is 0 Å². The second-order valence-electron chi connectivity index (χ2n) is 12.1. The van der Waals surface area contributed by atoms with E-state index in [-0.39, 0.29) is 21.1 Å². The molecule has 8 aromatic rings. The maximum Gasteiger partial charge on any atom is 2.00 e. The van der Waals surface area contributed by atoms with Crippen molar-refractivity contribution in [1.29, 1.82) is 0 Å². The predicted molar refractivity (Wildman–Crippen MR) is 199 cm³/mol. The van der Waals surface area contributed by atoms with Gasteiger partial charge in [0.2, 0.25) is 0 Å². The topological polar surface area (TPSA) is 38.9 Å². The van der Waals surface area contributed by atoms with Crippen LogP contribution in [0.4, 0.5) is 17.1 Å². The molecule has 0 N–H and O–H groups in total. The van der Waals surface area contributed by atoms with Crippen LogP contribution in [0.2, 0.25) is 0 Å². The Morgan fingerprint density at radius 3 is 1.60 bits per heavy atom. The van der Waals surface area contributed by atoms with Gasteiger partial charge in [-0.3, -0.25) is 9.97 Å². The summed E-state index contributed by atoms with van der Waals surface area (Å²) in [4.78, 5) is 11.7. The third-order valence-electron chi connectivity index (χ3n) is 8.74. The molecule has 0 aliphatic carbocycles. The first-order valence-corrected chi connectivity index (χ1v) is 16.3.